The van der Waals surface area contributed by atoms with Crippen LogP contribution < -0.4 is 10.0 Å². The molecule has 5 heteroatoms. The van der Waals surface area contributed by atoms with E-state index in [9.17, 15) is 8.42 Å². The molecule has 0 aromatic heterocycles. The molecule has 1 fully saturated rings. The van der Waals surface area contributed by atoms with E-state index in [0.29, 0.717) is 11.8 Å². The minimum Gasteiger partial charge on any atom is -0.371 e. The van der Waals surface area contributed by atoms with Crippen LogP contribution in [0.5, 0.6) is 0 Å². The van der Waals surface area contributed by atoms with E-state index >= 15 is 0 Å². The monoisotopic (exact) mass is 268 g/mol. The van der Waals surface area contributed by atoms with Crippen LogP contribution in [0.4, 0.5) is 5.69 Å². The van der Waals surface area contributed by atoms with Crippen molar-refractivity contribution in [3.63, 3.8) is 0 Å². The van der Waals surface area contributed by atoms with Gasteiger partial charge in [0, 0.05) is 18.8 Å². The number of anilines is 1. The fourth-order valence-corrected chi connectivity index (χ4v) is 3.24. The molecule has 0 radical (unpaired) electrons. The van der Waals surface area contributed by atoms with Gasteiger partial charge in [0.25, 0.3) is 0 Å². The SMILES string of the molecule is C[C@H]1C[C@H](C)CN(c2ccc(S(N)(=O)=O)cc2)C1. The Balaban J connectivity index is 2.19. The maximum Gasteiger partial charge on any atom is 0.238 e. The van der Waals surface area contributed by atoms with Crippen molar-refractivity contribution in [2.24, 2.45) is 17.0 Å². The van der Waals surface area contributed by atoms with Crippen LogP contribution in [0.1, 0.15) is 20.3 Å². The number of hydrogen-bond donors (Lipinski definition) is 1. The van der Waals surface area contributed by atoms with Crippen molar-refractivity contribution in [2.75, 3.05) is 18.0 Å². The number of nitrogens with zero attached hydrogens (tertiary/aromatic N) is 1. The Bertz CT molecular complexity index is 500. The number of primary sulfonamides is 1. The largest absolute Gasteiger partial charge is 0.371 e. The Morgan fingerprint density at radius 3 is 2.06 bits per heavy atom. The summed E-state index contributed by atoms with van der Waals surface area (Å²) in [5.74, 6) is 1.35. The van der Waals surface area contributed by atoms with Crippen LogP contribution in [0.2, 0.25) is 0 Å². The average Bonchev–Trinajstić information content (AvgIpc) is 2.27. The van der Waals surface area contributed by atoms with E-state index < -0.39 is 10.0 Å². The predicted octanol–water partition coefficient (Wildman–Crippen LogP) is 1.82. The quantitative estimate of drug-likeness (QED) is 0.890. The van der Waals surface area contributed by atoms with Crippen molar-refractivity contribution in [3.8, 4) is 0 Å². The van der Waals surface area contributed by atoms with E-state index in [2.05, 4.69) is 18.7 Å². The summed E-state index contributed by atoms with van der Waals surface area (Å²) < 4.78 is 22.4. The van der Waals surface area contributed by atoms with Gasteiger partial charge in [-0.05, 0) is 42.5 Å². The molecule has 2 atom stereocenters. The number of sulfonamides is 1. The van der Waals surface area contributed by atoms with E-state index in [0.717, 1.165) is 18.8 Å². The molecule has 1 aliphatic rings. The first-order chi connectivity index (χ1) is 8.36. The van der Waals surface area contributed by atoms with E-state index in [1.165, 1.54) is 6.42 Å². The summed E-state index contributed by atoms with van der Waals surface area (Å²) in [5, 5.41) is 5.09. The van der Waals surface area contributed by atoms with Gasteiger partial charge in [0.15, 0.2) is 0 Å². The molecule has 4 nitrogen and oxygen atoms in total. The molecular weight excluding hydrogens is 248 g/mol. The second kappa shape index (κ2) is 4.90. The highest BCUT2D eigenvalue weighted by atomic mass is 32.2. The summed E-state index contributed by atoms with van der Waals surface area (Å²) >= 11 is 0. The van der Waals surface area contributed by atoms with Crippen molar-refractivity contribution in [1.82, 2.24) is 0 Å². The van der Waals surface area contributed by atoms with Gasteiger partial charge in [-0.15, -0.1) is 0 Å². The van der Waals surface area contributed by atoms with Gasteiger partial charge in [-0.25, -0.2) is 13.6 Å². The number of piperidine rings is 1. The zero-order valence-corrected chi connectivity index (χ0v) is 11.7. The van der Waals surface area contributed by atoms with Crippen molar-refractivity contribution in [3.05, 3.63) is 24.3 Å². The van der Waals surface area contributed by atoms with Crippen molar-refractivity contribution in [2.45, 2.75) is 25.2 Å². The standard InChI is InChI=1S/C13H20N2O2S/c1-10-7-11(2)9-15(8-10)12-3-5-13(6-4-12)18(14,16)17/h3-6,10-11H,7-9H2,1-2H3,(H2,14,16,17)/t10-,11-/m0/s1. The molecule has 18 heavy (non-hydrogen) atoms. The van der Waals surface area contributed by atoms with Gasteiger partial charge in [-0.1, -0.05) is 13.8 Å². The second-order valence-corrected chi connectivity index (χ2v) is 6.95. The summed E-state index contributed by atoms with van der Waals surface area (Å²) in [6, 6.07) is 6.83. The Morgan fingerprint density at radius 2 is 1.61 bits per heavy atom. The summed E-state index contributed by atoms with van der Waals surface area (Å²) in [6.07, 6.45) is 1.26. The predicted molar refractivity (Wildman–Crippen MR) is 73.0 cm³/mol. The maximum atomic E-state index is 11.2. The lowest BCUT2D eigenvalue weighted by Crippen LogP contribution is -2.38. The molecule has 0 amide bonds. The highest BCUT2D eigenvalue weighted by Gasteiger charge is 2.22. The minimum absolute atomic E-state index is 0.171. The van der Waals surface area contributed by atoms with Gasteiger partial charge in [-0.3, -0.25) is 0 Å². The topological polar surface area (TPSA) is 63.4 Å². The fraction of sp³-hybridized carbons (Fsp3) is 0.538. The first-order valence-electron chi connectivity index (χ1n) is 6.24. The van der Waals surface area contributed by atoms with Gasteiger partial charge < -0.3 is 4.90 Å². The molecule has 1 saturated heterocycles. The molecule has 1 heterocycles. The molecule has 0 aliphatic carbocycles. The number of benzene rings is 1. The Labute approximate surface area is 109 Å². The van der Waals surface area contributed by atoms with E-state index in [1.54, 1.807) is 12.1 Å². The lowest BCUT2D eigenvalue weighted by Gasteiger charge is -2.36. The summed E-state index contributed by atoms with van der Waals surface area (Å²) in [7, 11) is -3.59. The highest BCUT2D eigenvalue weighted by Crippen LogP contribution is 2.26. The van der Waals surface area contributed by atoms with Crippen LogP contribution in [0.3, 0.4) is 0 Å². The average molecular weight is 268 g/mol. The Hall–Kier alpha value is -1.07. The van der Waals surface area contributed by atoms with Crippen molar-refractivity contribution >= 4 is 15.7 Å². The number of rotatable bonds is 2. The molecule has 0 spiro atoms. The summed E-state index contributed by atoms with van der Waals surface area (Å²) in [6.45, 7) is 6.56. The Kier molecular flexibility index (Phi) is 3.64. The lowest BCUT2D eigenvalue weighted by atomic mass is 9.91. The lowest BCUT2D eigenvalue weighted by molar-refractivity contribution is 0.357. The smallest absolute Gasteiger partial charge is 0.238 e. The van der Waals surface area contributed by atoms with Crippen LogP contribution in [0.25, 0.3) is 0 Å². The molecule has 1 aromatic rings. The van der Waals surface area contributed by atoms with Crippen LogP contribution in [-0.4, -0.2) is 21.5 Å². The van der Waals surface area contributed by atoms with Gasteiger partial charge in [-0.2, -0.15) is 0 Å². The molecule has 0 saturated carbocycles. The molecule has 0 unspecified atom stereocenters. The summed E-state index contributed by atoms with van der Waals surface area (Å²) in [5.41, 5.74) is 1.07. The van der Waals surface area contributed by atoms with Gasteiger partial charge in [0.1, 0.15) is 0 Å². The first-order valence-corrected chi connectivity index (χ1v) is 7.78. The highest BCUT2D eigenvalue weighted by molar-refractivity contribution is 7.89. The maximum absolute atomic E-state index is 11.2. The third-order valence-electron chi connectivity index (χ3n) is 3.40. The third-order valence-corrected chi connectivity index (χ3v) is 4.33. The minimum atomic E-state index is -3.59. The molecule has 1 aromatic carbocycles. The van der Waals surface area contributed by atoms with E-state index in [1.807, 2.05) is 12.1 Å². The van der Waals surface area contributed by atoms with Crippen LogP contribution in [-0.2, 0) is 10.0 Å². The Morgan fingerprint density at radius 1 is 1.11 bits per heavy atom. The van der Waals surface area contributed by atoms with Crippen molar-refractivity contribution in [1.29, 1.82) is 0 Å². The normalized spacial score (nSPS) is 25.2. The van der Waals surface area contributed by atoms with Crippen molar-refractivity contribution < 1.29 is 8.42 Å². The van der Waals surface area contributed by atoms with Gasteiger partial charge in [0.05, 0.1) is 4.90 Å². The molecule has 0 bridgehead atoms. The van der Waals surface area contributed by atoms with E-state index in [-0.39, 0.29) is 4.90 Å². The molecule has 1 aliphatic heterocycles. The molecule has 100 valence electrons. The first kappa shape index (κ1) is 13.4. The van der Waals surface area contributed by atoms with Gasteiger partial charge in [0.2, 0.25) is 10.0 Å². The van der Waals surface area contributed by atoms with E-state index in [4.69, 9.17) is 5.14 Å². The molecule has 2 N–H and O–H groups in total. The van der Waals surface area contributed by atoms with Gasteiger partial charge >= 0.3 is 0 Å². The zero-order chi connectivity index (χ0) is 13.3. The van der Waals surface area contributed by atoms with Crippen LogP contribution in [0.15, 0.2) is 29.2 Å². The third kappa shape index (κ3) is 3.03. The number of nitrogens with two attached hydrogens (primary N) is 1. The fourth-order valence-electron chi connectivity index (χ4n) is 2.72. The molecule has 2 rings (SSSR count). The van der Waals surface area contributed by atoms with Crippen LogP contribution in [0, 0.1) is 11.8 Å². The zero-order valence-electron chi connectivity index (χ0n) is 10.8. The second-order valence-electron chi connectivity index (χ2n) is 5.39. The summed E-state index contributed by atoms with van der Waals surface area (Å²) in [4.78, 5) is 2.48. The number of hydrogen-bond acceptors (Lipinski definition) is 3. The van der Waals surface area contributed by atoms with Crippen LogP contribution >= 0.6 is 0 Å². The molecular formula is C13H20N2O2S.